The molecule has 2 aromatic rings. The lowest BCUT2D eigenvalue weighted by atomic mass is 9.68. The molecule has 1 atom stereocenters. The van der Waals surface area contributed by atoms with Crippen LogP contribution in [0.2, 0.25) is 5.02 Å². The van der Waals surface area contributed by atoms with Crippen molar-refractivity contribution in [1.29, 1.82) is 5.26 Å². The summed E-state index contributed by atoms with van der Waals surface area (Å²) in [5, 5.41) is 20.3. The van der Waals surface area contributed by atoms with Gasteiger partial charge >= 0.3 is 0 Å². The summed E-state index contributed by atoms with van der Waals surface area (Å²) in [6.07, 6.45) is 2.54. The molecule has 0 aliphatic carbocycles. The average molecular weight is 370 g/mol. The van der Waals surface area contributed by atoms with Crippen LogP contribution in [0.1, 0.15) is 36.6 Å². The van der Waals surface area contributed by atoms with Crippen LogP contribution in [0.15, 0.2) is 29.7 Å². The number of H-pyrrole nitrogens is 1. The predicted octanol–water partition coefficient (Wildman–Crippen LogP) is 2.73. The molecule has 2 aliphatic heterocycles. The highest BCUT2D eigenvalue weighted by Gasteiger charge is 2.58. The van der Waals surface area contributed by atoms with Crippen LogP contribution in [-0.2, 0) is 16.6 Å². The van der Waals surface area contributed by atoms with Gasteiger partial charge in [-0.05, 0) is 31.0 Å². The molecular formula is C18H16ClN5O2. The first kappa shape index (κ1) is 16.5. The zero-order chi connectivity index (χ0) is 18.5. The molecule has 26 heavy (non-hydrogen) atoms. The van der Waals surface area contributed by atoms with E-state index >= 15 is 0 Å². The van der Waals surface area contributed by atoms with Gasteiger partial charge in [-0.1, -0.05) is 24.9 Å². The molecule has 0 fully saturated rings. The van der Waals surface area contributed by atoms with Gasteiger partial charge in [0.05, 0.1) is 5.56 Å². The Kier molecular flexibility index (Phi) is 3.67. The monoisotopic (exact) mass is 369 g/mol. The largest absolute Gasteiger partial charge is 0.420 e. The number of aromatic nitrogens is 2. The smallest absolute Gasteiger partial charge is 0.245 e. The molecule has 0 unspecified atom stereocenters. The Morgan fingerprint density at radius 1 is 1.46 bits per heavy atom. The van der Waals surface area contributed by atoms with Crippen molar-refractivity contribution in [2.24, 2.45) is 5.73 Å². The standard InChI is InChI=1S/C18H16ClN5O2/c1-2-3-4-13-14-16(24-23-13)26-15(21)11(8-20)18(14)10-7-9(19)5-6-12(10)22-17(18)25/h5-7H,2-4,21H2,1H3,(H,22,25)(H,23,24)/t18-/m0/s1. The summed E-state index contributed by atoms with van der Waals surface area (Å²) in [4.78, 5) is 13.2. The summed E-state index contributed by atoms with van der Waals surface area (Å²) in [5.74, 6) is -0.273. The van der Waals surface area contributed by atoms with Crippen LogP contribution in [0.4, 0.5) is 5.69 Å². The fourth-order valence-corrected chi connectivity index (χ4v) is 3.90. The zero-order valence-corrected chi connectivity index (χ0v) is 14.8. The van der Waals surface area contributed by atoms with Gasteiger partial charge in [0.1, 0.15) is 17.1 Å². The van der Waals surface area contributed by atoms with Crippen LogP contribution in [0.5, 0.6) is 5.88 Å². The van der Waals surface area contributed by atoms with Crippen molar-refractivity contribution in [3.8, 4) is 11.9 Å². The Hall–Kier alpha value is -2.98. The zero-order valence-electron chi connectivity index (χ0n) is 14.0. The number of nitrogens with one attached hydrogen (secondary N) is 2. The maximum atomic E-state index is 13.2. The van der Waals surface area contributed by atoms with Crippen molar-refractivity contribution in [1.82, 2.24) is 10.2 Å². The second-order valence-electron chi connectivity index (χ2n) is 6.33. The van der Waals surface area contributed by atoms with E-state index in [2.05, 4.69) is 28.5 Å². The number of aryl methyl sites for hydroxylation is 1. The summed E-state index contributed by atoms with van der Waals surface area (Å²) in [6.45, 7) is 2.07. The van der Waals surface area contributed by atoms with Crippen LogP contribution < -0.4 is 15.8 Å². The van der Waals surface area contributed by atoms with E-state index in [1.54, 1.807) is 18.2 Å². The number of fused-ring (bicyclic) bond motifs is 4. The highest BCUT2D eigenvalue weighted by Crippen LogP contribution is 2.54. The van der Waals surface area contributed by atoms with E-state index in [0.717, 1.165) is 18.5 Å². The molecule has 8 heteroatoms. The summed E-state index contributed by atoms with van der Waals surface area (Å²) < 4.78 is 5.56. The summed E-state index contributed by atoms with van der Waals surface area (Å²) >= 11 is 6.20. The first-order valence-corrected chi connectivity index (χ1v) is 8.69. The van der Waals surface area contributed by atoms with Crippen molar-refractivity contribution in [2.45, 2.75) is 31.6 Å². The number of carbonyl (C=O) groups excluding carboxylic acids is 1. The Bertz CT molecular complexity index is 1000. The molecular weight excluding hydrogens is 354 g/mol. The number of aromatic amines is 1. The third-order valence-electron chi connectivity index (χ3n) is 4.88. The van der Waals surface area contributed by atoms with Crippen molar-refractivity contribution < 1.29 is 9.53 Å². The van der Waals surface area contributed by atoms with E-state index < -0.39 is 5.41 Å². The van der Waals surface area contributed by atoms with Gasteiger partial charge < -0.3 is 15.8 Å². The first-order valence-electron chi connectivity index (χ1n) is 8.31. The lowest BCUT2D eigenvalue weighted by Crippen LogP contribution is -2.42. The Balaban J connectivity index is 2.07. The van der Waals surface area contributed by atoms with Gasteiger partial charge in [-0.3, -0.25) is 9.89 Å². The number of halogens is 1. The van der Waals surface area contributed by atoms with Gasteiger partial charge in [0.15, 0.2) is 0 Å². The summed E-state index contributed by atoms with van der Waals surface area (Å²) in [7, 11) is 0. The quantitative estimate of drug-likeness (QED) is 0.769. The highest BCUT2D eigenvalue weighted by molar-refractivity contribution is 6.31. The minimum absolute atomic E-state index is 0.0441. The third-order valence-corrected chi connectivity index (χ3v) is 5.11. The second-order valence-corrected chi connectivity index (χ2v) is 6.77. The number of hydrogen-bond acceptors (Lipinski definition) is 5. The molecule has 0 bridgehead atoms. The van der Waals surface area contributed by atoms with Gasteiger partial charge in [-0.15, -0.1) is 5.10 Å². The Labute approximate surface area is 154 Å². The molecule has 2 aliphatic rings. The van der Waals surface area contributed by atoms with Gasteiger partial charge in [-0.25, -0.2) is 0 Å². The lowest BCUT2D eigenvalue weighted by Gasteiger charge is -2.32. The summed E-state index contributed by atoms with van der Waals surface area (Å²) in [6, 6.07) is 7.17. The van der Waals surface area contributed by atoms with E-state index in [-0.39, 0.29) is 23.2 Å². The molecule has 1 spiro atoms. The molecule has 132 valence electrons. The number of nitriles is 1. The third kappa shape index (κ3) is 1.99. The SMILES string of the molecule is CCCCc1[nH]nc2c1[C@@]1(C(=O)Nc3ccc(Cl)cc31)C(C#N)=C(N)O2. The molecule has 0 saturated heterocycles. The first-order chi connectivity index (χ1) is 12.5. The normalized spacial score (nSPS) is 20.4. The number of rotatable bonds is 3. The molecule has 7 nitrogen and oxygen atoms in total. The maximum Gasteiger partial charge on any atom is 0.245 e. The van der Waals surface area contributed by atoms with Crippen LogP contribution in [0, 0.1) is 11.3 Å². The van der Waals surface area contributed by atoms with Crippen molar-refractivity contribution >= 4 is 23.2 Å². The van der Waals surface area contributed by atoms with Gasteiger partial charge in [0, 0.05) is 22.0 Å². The molecule has 4 N–H and O–H groups in total. The number of carbonyl (C=O) groups is 1. The van der Waals surface area contributed by atoms with Crippen molar-refractivity contribution in [3.05, 3.63) is 51.5 Å². The molecule has 1 aromatic heterocycles. The highest BCUT2D eigenvalue weighted by atomic mass is 35.5. The van der Waals surface area contributed by atoms with Crippen LogP contribution in [0.25, 0.3) is 0 Å². The van der Waals surface area contributed by atoms with Crippen molar-refractivity contribution in [2.75, 3.05) is 5.32 Å². The van der Waals surface area contributed by atoms with E-state index in [1.807, 2.05) is 0 Å². The van der Waals surface area contributed by atoms with Gasteiger partial charge in [0.25, 0.3) is 0 Å². The van der Waals surface area contributed by atoms with E-state index in [4.69, 9.17) is 22.1 Å². The number of nitrogens with two attached hydrogens (primary N) is 1. The Morgan fingerprint density at radius 3 is 3.00 bits per heavy atom. The number of benzene rings is 1. The Morgan fingerprint density at radius 2 is 2.27 bits per heavy atom. The number of amides is 1. The van der Waals surface area contributed by atoms with Crippen LogP contribution in [-0.4, -0.2) is 16.1 Å². The minimum Gasteiger partial charge on any atom is -0.420 e. The van der Waals surface area contributed by atoms with Crippen LogP contribution in [0.3, 0.4) is 0 Å². The second kappa shape index (κ2) is 5.78. The number of unbranched alkanes of at least 4 members (excludes halogenated alkanes) is 1. The topological polar surface area (TPSA) is 117 Å². The molecule has 0 radical (unpaired) electrons. The fourth-order valence-electron chi connectivity index (χ4n) is 3.73. The van der Waals surface area contributed by atoms with Crippen molar-refractivity contribution in [3.63, 3.8) is 0 Å². The van der Waals surface area contributed by atoms with Gasteiger partial charge in [-0.2, -0.15) is 5.26 Å². The number of nitrogens with zero attached hydrogens (tertiary/aromatic N) is 2. The van der Waals surface area contributed by atoms with E-state index in [1.165, 1.54) is 0 Å². The average Bonchev–Trinajstić information content (AvgIpc) is 3.13. The number of ether oxygens (including phenoxy) is 1. The van der Waals surface area contributed by atoms with E-state index in [0.29, 0.717) is 28.3 Å². The van der Waals surface area contributed by atoms with E-state index in [9.17, 15) is 10.1 Å². The minimum atomic E-state index is -1.41. The molecule has 0 saturated carbocycles. The number of anilines is 1. The molecule has 1 aromatic carbocycles. The fraction of sp³-hybridized carbons (Fsp3) is 0.278. The summed E-state index contributed by atoms with van der Waals surface area (Å²) in [5.41, 5.74) is 7.09. The molecule has 4 rings (SSSR count). The maximum absolute atomic E-state index is 13.2. The van der Waals surface area contributed by atoms with Crippen LogP contribution >= 0.6 is 11.6 Å². The molecule has 1 amide bonds. The molecule has 3 heterocycles. The lowest BCUT2D eigenvalue weighted by molar-refractivity contribution is -0.118. The van der Waals surface area contributed by atoms with Gasteiger partial charge in [0.2, 0.25) is 17.7 Å². The predicted molar refractivity (Wildman–Crippen MR) is 95.5 cm³/mol. The number of hydrogen-bond donors (Lipinski definition) is 3.